The van der Waals surface area contributed by atoms with E-state index in [-0.39, 0.29) is 5.75 Å². The molecule has 0 spiro atoms. The van der Waals surface area contributed by atoms with Crippen LogP contribution in [0.2, 0.25) is 0 Å². The summed E-state index contributed by atoms with van der Waals surface area (Å²) in [6.45, 7) is 3.88. The topological polar surface area (TPSA) is 54.9 Å². The average Bonchev–Trinajstić information content (AvgIpc) is 2.69. The summed E-state index contributed by atoms with van der Waals surface area (Å²) in [6, 6.07) is 11.5. The fourth-order valence-corrected chi connectivity index (χ4v) is 2.43. The summed E-state index contributed by atoms with van der Waals surface area (Å²) in [5.41, 5.74) is 3.62. The molecular formula is C19H18F3N3O2S. The Bertz CT molecular complexity index is 898. The van der Waals surface area contributed by atoms with Crippen LogP contribution < -0.4 is 15.6 Å². The SMILES string of the molecule is C=C(NOc1cccc(C(F)(F)F)c1)c1ccccc1C(=NOC)C(=S)NC. The molecule has 2 rings (SSSR count). The molecule has 0 unspecified atom stereocenters. The number of benzene rings is 2. The Hall–Kier alpha value is -3.07. The molecule has 0 fully saturated rings. The maximum atomic E-state index is 12.8. The van der Waals surface area contributed by atoms with Gasteiger partial charge in [-0.15, -0.1) is 0 Å². The Labute approximate surface area is 165 Å². The maximum Gasteiger partial charge on any atom is 0.416 e. The quantitative estimate of drug-likeness (QED) is 0.409. The highest BCUT2D eigenvalue weighted by atomic mass is 32.1. The summed E-state index contributed by atoms with van der Waals surface area (Å²) in [7, 11) is 3.05. The molecule has 0 bridgehead atoms. The van der Waals surface area contributed by atoms with Gasteiger partial charge in [0.1, 0.15) is 17.8 Å². The lowest BCUT2D eigenvalue weighted by molar-refractivity contribution is -0.137. The Morgan fingerprint density at radius 3 is 2.39 bits per heavy atom. The minimum Gasteiger partial charge on any atom is -0.399 e. The van der Waals surface area contributed by atoms with Crippen LogP contribution in [0.1, 0.15) is 16.7 Å². The third-order valence-electron chi connectivity index (χ3n) is 3.59. The van der Waals surface area contributed by atoms with E-state index in [1.807, 2.05) is 0 Å². The van der Waals surface area contributed by atoms with Crippen molar-refractivity contribution in [2.75, 3.05) is 14.2 Å². The first-order chi connectivity index (χ1) is 13.3. The van der Waals surface area contributed by atoms with Crippen LogP contribution in [0.3, 0.4) is 0 Å². The molecule has 0 aliphatic heterocycles. The van der Waals surface area contributed by atoms with E-state index in [2.05, 4.69) is 22.5 Å². The van der Waals surface area contributed by atoms with Gasteiger partial charge >= 0.3 is 6.18 Å². The number of likely N-dealkylation sites (N-methyl/N-ethyl adjacent to an activating group) is 1. The van der Waals surface area contributed by atoms with Gasteiger partial charge in [-0.25, -0.2) is 5.48 Å². The third kappa shape index (κ3) is 5.23. The fourth-order valence-electron chi connectivity index (χ4n) is 2.29. The molecule has 148 valence electrons. The maximum absolute atomic E-state index is 12.8. The van der Waals surface area contributed by atoms with Crippen molar-refractivity contribution in [2.45, 2.75) is 6.18 Å². The highest BCUT2D eigenvalue weighted by molar-refractivity contribution is 7.82. The van der Waals surface area contributed by atoms with E-state index in [0.717, 1.165) is 12.1 Å². The molecule has 0 saturated heterocycles. The Morgan fingerprint density at radius 2 is 1.79 bits per heavy atom. The van der Waals surface area contributed by atoms with Crippen LogP contribution in [0.4, 0.5) is 13.2 Å². The van der Waals surface area contributed by atoms with Crippen LogP contribution in [-0.4, -0.2) is 24.9 Å². The van der Waals surface area contributed by atoms with E-state index in [9.17, 15) is 13.2 Å². The first-order valence-electron chi connectivity index (χ1n) is 8.00. The molecule has 0 radical (unpaired) electrons. The highest BCUT2D eigenvalue weighted by Crippen LogP contribution is 2.31. The van der Waals surface area contributed by atoms with Gasteiger partial charge in [0, 0.05) is 18.2 Å². The second-order valence-corrected chi connectivity index (χ2v) is 5.86. The molecule has 28 heavy (non-hydrogen) atoms. The monoisotopic (exact) mass is 409 g/mol. The van der Waals surface area contributed by atoms with E-state index in [1.54, 1.807) is 31.3 Å². The first kappa shape index (κ1) is 21.2. The molecule has 2 aromatic carbocycles. The van der Waals surface area contributed by atoms with Crippen molar-refractivity contribution in [1.82, 2.24) is 10.8 Å². The van der Waals surface area contributed by atoms with Crippen molar-refractivity contribution >= 4 is 28.6 Å². The van der Waals surface area contributed by atoms with Crippen molar-refractivity contribution in [3.05, 3.63) is 71.8 Å². The van der Waals surface area contributed by atoms with Gasteiger partial charge in [0.15, 0.2) is 5.75 Å². The zero-order chi connectivity index (χ0) is 20.7. The molecule has 0 aliphatic carbocycles. The van der Waals surface area contributed by atoms with Crippen molar-refractivity contribution in [1.29, 1.82) is 0 Å². The van der Waals surface area contributed by atoms with Crippen LogP contribution in [0.25, 0.3) is 5.70 Å². The average molecular weight is 409 g/mol. The normalized spacial score (nSPS) is 11.5. The standard InChI is InChI=1S/C19H18F3N3O2S/c1-12(24-27-14-8-6-7-13(11-14)19(20,21)22)15-9-4-5-10-16(15)17(25-26-3)18(28)23-2/h4-11,24H,1H2,2-3H3,(H,23,28). The zero-order valence-electron chi connectivity index (χ0n) is 15.1. The Kier molecular flexibility index (Phi) is 7.00. The predicted octanol–water partition coefficient (Wildman–Crippen LogP) is 4.16. The Balaban J connectivity index is 2.24. The van der Waals surface area contributed by atoms with Gasteiger partial charge < -0.3 is 15.0 Å². The van der Waals surface area contributed by atoms with Gasteiger partial charge in [0.2, 0.25) is 0 Å². The minimum atomic E-state index is -4.46. The van der Waals surface area contributed by atoms with Gasteiger partial charge in [-0.3, -0.25) is 0 Å². The van der Waals surface area contributed by atoms with Crippen LogP contribution in [-0.2, 0) is 11.0 Å². The molecule has 0 aromatic heterocycles. The third-order valence-corrected chi connectivity index (χ3v) is 3.98. The van der Waals surface area contributed by atoms with Gasteiger partial charge in [0.25, 0.3) is 0 Å². The molecule has 5 nitrogen and oxygen atoms in total. The predicted molar refractivity (Wildman–Crippen MR) is 106 cm³/mol. The molecule has 0 atom stereocenters. The lowest BCUT2D eigenvalue weighted by atomic mass is 10.0. The van der Waals surface area contributed by atoms with Crippen molar-refractivity contribution in [2.24, 2.45) is 5.16 Å². The zero-order valence-corrected chi connectivity index (χ0v) is 15.9. The molecular weight excluding hydrogens is 391 g/mol. The molecule has 9 heteroatoms. The van der Waals surface area contributed by atoms with E-state index in [1.165, 1.54) is 19.2 Å². The number of alkyl halides is 3. The van der Waals surface area contributed by atoms with E-state index >= 15 is 0 Å². The summed E-state index contributed by atoms with van der Waals surface area (Å²) in [5.74, 6) is -0.00927. The van der Waals surface area contributed by atoms with Crippen molar-refractivity contribution in [3.63, 3.8) is 0 Å². The summed E-state index contributed by atoms with van der Waals surface area (Å²) in [5, 5.41) is 6.77. The number of halogens is 3. The summed E-state index contributed by atoms with van der Waals surface area (Å²) in [4.78, 5) is 10.5. The number of thiocarbonyl (C=S) groups is 1. The number of nitrogens with zero attached hydrogens (tertiary/aromatic N) is 1. The summed E-state index contributed by atoms with van der Waals surface area (Å²) >= 11 is 5.25. The largest absolute Gasteiger partial charge is 0.416 e. The number of hydrogen-bond acceptors (Lipinski definition) is 5. The number of hydroxylamine groups is 1. The minimum absolute atomic E-state index is 0.00927. The van der Waals surface area contributed by atoms with Gasteiger partial charge in [-0.2, -0.15) is 13.2 Å². The molecule has 0 amide bonds. The second kappa shape index (κ2) is 9.23. The van der Waals surface area contributed by atoms with E-state index in [4.69, 9.17) is 21.9 Å². The smallest absolute Gasteiger partial charge is 0.399 e. The summed E-state index contributed by atoms with van der Waals surface area (Å²) in [6.07, 6.45) is -4.46. The summed E-state index contributed by atoms with van der Waals surface area (Å²) < 4.78 is 38.5. The van der Waals surface area contributed by atoms with Crippen LogP contribution in [0.5, 0.6) is 5.75 Å². The molecule has 2 N–H and O–H groups in total. The number of oxime groups is 1. The fraction of sp³-hybridized carbons (Fsp3) is 0.158. The first-order valence-corrected chi connectivity index (χ1v) is 8.40. The van der Waals surface area contributed by atoms with Crippen molar-refractivity contribution < 1.29 is 22.8 Å². The number of nitrogens with one attached hydrogen (secondary N) is 2. The lowest BCUT2D eigenvalue weighted by Gasteiger charge is -2.16. The lowest BCUT2D eigenvalue weighted by Crippen LogP contribution is -2.28. The number of rotatable bonds is 7. The van der Waals surface area contributed by atoms with Gasteiger partial charge in [-0.05, 0) is 18.2 Å². The molecule has 0 saturated carbocycles. The molecule has 2 aromatic rings. The van der Waals surface area contributed by atoms with E-state index in [0.29, 0.717) is 27.5 Å². The molecule has 0 aliphatic rings. The van der Waals surface area contributed by atoms with Crippen LogP contribution >= 0.6 is 12.2 Å². The van der Waals surface area contributed by atoms with Crippen LogP contribution in [0.15, 0.2) is 60.3 Å². The van der Waals surface area contributed by atoms with Gasteiger partial charge in [0.05, 0.1) is 11.3 Å². The van der Waals surface area contributed by atoms with Crippen LogP contribution in [0, 0.1) is 0 Å². The number of hydrogen-bond donors (Lipinski definition) is 2. The van der Waals surface area contributed by atoms with Gasteiger partial charge in [-0.1, -0.05) is 54.3 Å². The Morgan fingerprint density at radius 1 is 1.11 bits per heavy atom. The second-order valence-electron chi connectivity index (χ2n) is 5.46. The highest BCUT2D eigenvalue weighted by Gasteiger charge is 2.30. The molecule has 0 heterocycles. The van der Waals surface area contributed by atoms with Crippen molar-refractivity contribution in [3.8, 4) is 5.75 Å². The van der Waals surface area contributed by atoms with E-state index < -0.39 is 11.7 Å².